The minimum absolute atomic E-state index is 0.0249. The van der Waals surface area contributed by atoms with Crippen molar-refractivity contribution in [3.05, 3.63) is 17.8 Å². The van der Waals surface area contributed by atoms with Crippen LogP contribution in [0.15, 0.2) is 17.2 Å². The molecule has 1 saturated heterocycles. The van der Waals surface area contributed by atoms with Gasteiger partial charge in [-0.25, -0.2) is 8.42 Å². The van der Waals surface area contributed by atoms with Gasteiger partial charge in [0.2, 0.25) is 0 Å². The smallest absolute Gasteiger partial charge is 0.262 e. The van der Waals surface area contributed by atoms with Crippen LogP contribution < -0.4 is 5.32 Å². The molecule has 2 rings (SSSR count). The number of sulfonamides is 1. The second-order valence-corrected chi connectivity index (χ2v) is 6.02. The molecule has 0 spiro atoms. The third kappa shape index (κ3) is 2.46. The second kappa shape index (κ2) is 4.67. The van der Waals surface area contributed by atoms with Crippen LogP contribution in [-0.4, -0.2) is 48.6 Å². The third-order valence-corrected chi connectivity index (χ3v) is 4.69. The highest BCUT2D eigenvalue weighted by atomic mass is 32.2. The first kappa shape index (κ1) is 12.4. The number of nitrogens with zero attached hydrogens (tertiary/aromatic N) is 3. The van der Waals surface area contributed by atoms with Crippen molar-refractivity contribution in [3.63, 3.8) is 0 Å². The summed E-state index contributed by atoms with van der Waals surface area (Å²) in [5.74, 6) is 0. The molecule has 1 fully saturated rings. The van der Waals surface area contributed by atoms with Gasteiger partial charge >= 0.3 is 0 Å². The number of aryl methyl sites for hydroxylation is 1. The van der Waals surface area contributed by atoms with Crippen LogP contribution in [0.25, 0.3) is 0 Å². The Hall–Kier alpha value is -1.05. The Morgan fingerprint density at radius 2 is 2.18 bits per heavy atom. The number of hydrogen-bond acceptors (Lipinski definition) is 5. The molecule has 0 aliphatic carbocycles. The van der Waals surface area contributed by atoms with Gasteiger partial charge in [0.15, 0.2) is 5.03 Å². The Labute approximate surface area is 101 Å². The van der Waals surface area contributed by atoms with Crippen molar-refractivity contribution in [3.8, 4) is 0 Å². The van der Waals surface area contributed by atoms with Crippen LogP contribution in [0.2, 0.25) is 0 Å². The monoisotopic (exact) mass is 256 g/mol. The molecule has 1 aromatic rings. The lowest BCUT2D eigenvalue weighted by Gasteiger charge is -2.32. The molecule has 7 heteroatoms. The highest BCUT2D eigenvalue weighted by Crippen LogP contribution is 2.16. The Bertz CT molecular complexity index is 486. The van der Waals surface area contributed by atoms with Crippen LogP contribution in [-0.2, 0) is 10.0 Å². The first-order valence-electron chi connectivity index (χ1n) is 5.55. The van der Waals surface area contributed by atoms with E-state index in [2.05, 4.69) is 15.5 Å². The van der Waals surface area contributed by atoms with Gasteiger partial charge in [0.05, 0.1) is 5.69 Å². The van der Waals surface area contributed by atoms with Crippen molar-refractivity contribution >= 4 is 10.0 Å². The molecule has 1 aliphatic heterocycles. The SMILES string of the molecule is Cc1ccc(S(=O)(=O)N2CCNC[C@@H]2C)nn1. The molecule has 1 aromatic heterocycles. The van der Waals surface area contributed by atoms with Crippen molar-refractivity contribution in [1.29, 1.82) is 0 Å². The third-order valence-electron chi connectivity index (χ3n) is 2.79. The van der Waals surface area contributed by atoms with Crippen molar-refractivity contribution in [2.24, 2.45) is 0 Å². The lowest BCUT2D eigenvalue weighted by Crippen LogP contribution is -2.52. The number of rotatable bonds is 2. The molecule has 0 unspecified atom stereocenters. The molecular formula is C10H16N4O2S. The summed E-state index contributed by atoms with van der Waals surface area (Å²) < 4.78 is 26.1. The first-order valence-corrected chi connectivity index (χ1v) is 6.99. The maximum absolute atomic E-state index is 12.3. The molecule has 94 valence electrons. The number of piperazine rings is 1. The molecule has 6 nitrogen and oxygen atoms in total. The first-order chi connectivity index (χ1) is 8.01. The number of hydrogen-bond donors (Lipinski definition) is 1. The van der Waals surface area contributed by atoms with Crippen molar-refractivity contribution in [2.75, 3.05) is 19.6 Å². The fourth-order valence-corrected chi connectivity index (χ4v) is 3.33. The molecule has 0 saturated carbocycles. The number of aromatic nitrogens is 2. The van der Waals surface area contributed by atoms with E-state index >= 15 is 0 Å². The van der Waals surface area contributed by atoms with Crippen LogP contribution in [0.4, 0.5) is 0 Å². The van der Waals surface area contributed by atoms with E-state index in [0.29, 0.717) is 25.3 Å². The fraction of sp³-hybridized carbons (Fsp3) is 0.600. The zero-order valence-electron chi connectivity index (χ0n) is 9.92. The van der Waals surface area contributed by atoms with E-state index in [-0.39, 0.29) is 11.1 Å². The average molecular weight is 256 g/mol. The van der Waals surface area contributed by atoms with Crippen molar-refractivity contribution in [1.82, 2.24) is 19.8 Å². The molecular weight excluding hydrogens is 240 g/mol. The van der Waals surface area contributed by atoms with Gasteiger partial charge in [-0.2, -0.15) is 9.40 Å². The summed E-state index contributed by atoms with van der Waals surface area (Å²) in [5, 5.41) is 10.7. The van der Waals surface area contributed by atoms with Gasteiger partial charge in [0.1, 0.15) is 0 Å². The normalized spacial score (nSPS) is 22.6. The quantitative estimate of drug-likeness (QED) is 0.791. The summed E-state index contributed by atoms with van der Waals surface area (Å²) in [6, 6.07) is 3.11. The van der Waals surface area contributed by atoms with Gasteiger partial charge in [-0.05, 0) is 26.0 Å². The summed E-state index contributed by atoms with van der Waals surface area (Å²) in [6.07, 6.45) is 0. The minimum Gasteiger partial charge on any atom is -0.314 e. The molecule has 0 amide bonds. The minimum atomic E-state index is -3.51. The molecule has 17 heavy (non-hydrogen) atoms. The van der Waals surface area contributed by atoms with Gasteiger partial charge in [0, 0.05) is 25.7 Å². The van der Waals surface area contributed by atoms with Crippen LogP contribution in [0.5, 0.6) is 0 Å². The zero-order valence-corrected chi connectivity index (χ0v) is 10.7. The Morgan fingerprint density at radius 3 is 2.76 bits per heavy atom. The van der Waals surface area contributed by atoms with Gasteiger partial charge in [-0.15, -0.1) is 5.10 Å². The fourth-order valence-electron chi connectivity index (χ4n) is 1.82. The van der Waals surface area contributed by atoms with E-state index in [0.717, 1.165) is 0 Å². The lowest BCUT2D eigenvalue weighted by atomic mass is 10.3. The maximum atomic E-state index is 12.3. The summed E-state index contributed by atoms with van der Waals surface area (Å²) in [4.78, 5) is 0. The van der Waals surface area contributed by atoms with E-state index < -0.39 is 10.0 Å². The zero-order chi connectivity index (χ0) is 12.5. The Morgan fingerprint density at radius 1 is 1.41 bits per heavy atom. The summed E-state index contributed by atoms with van der Waals surface area (Å²) in [5.41, 5.74) is 0.706. The van der Waals surface area contributed by atoms with Gasteiger partial charge in [0.25, 0.3) is 10.0 Å². The topological polar surface area (TPSA) is 75.2 Å². The lowest BCUT2D eigenvalue weighted by molar-refractivity contribution is 0.283. The Kier molecular flexibility index (Phi) is 3.41. The van der Waals surface area contributed by atoms with E-state index in [1.54, 1.807) is 13.0 Å². The highest BCUT2D eigenvalue weighted by Gasteiger charge is 2.31. The highest BCUT2D eigenvalue weighted by molar-refractivity contribution is 7.89. The van der Waals surface area contributed by atoms with Crippen LogP contribution >= 0.6 is 0 Å². The van der Waals surface area contributed by atoms with Crippen LogP contribution in [0.3, 0.4) is 0 Å². The molecule has 1 aliphatic rings. The molecule has 1 N–H and O–H groups in total. The maximum Gasteiger partial charge on any atom is 0.262 e. The van der Waals surface area contributed by atoms with Crippen LogP contribution in [0, 0.1) is 6.92 Å². The van der Waals surface area contributed by atoms with Crippen LogP contribution in [0.1, 0.15) is 12.6 Å². The summed E-state index contributed by atoms with van der Waals surface area (Å²) >= 11 is 0. The van der Waals surface area contributed by atoms with E-state index in [4.69, 9.17) is 0 Å². The molecule has 1 atom stereocenters. The molecule has 0 aromatic carbocycles. The molecule has 0 bridgehead atoms. The predicted octanol–water partition coefficient (Wildman–Crippen LogP) is -0.233. The van der Waals surface area contributed by atoms with Gasteiger partial charge in [-0.3, -0.25) is 0 Å². The second-order valence-electron chi connectivity index (χ2n) is 4.18. The van der Waals surface area contributed by atoms with E-state index in [9.17, 15) is 8.42 Å². The molecule has 2 heterocycles. The van der Waals surface area contributed by atoms with Gasteiger partial charge < -0.3 is 5.32 Å². The average Bonchev–Trinajstić information content (AvgIpc) is 2.30. The van der Waals surface area contributed by atoms with Crippen molar-refractivity contribution < 1.29 is 8.42 Å². The van der Waals surface area contributed by atoms with E-state index in [1.165, 1.54) is 10.4 Å². The summed E-state index contributed by atoms with van der Waals surface area (Å²) in [6.45, 7) is 5.46. The standard InChI is InChI=1S/C10H16N4O2S/c1-8-3-4-10(13-12-8)17(15,16)14-6-5-11-7-9(14)2/h3-4,9,11H,5-7H2,1-2H3/t9-/m0/s1. The molecule has 0 radical (unpaired) electrons. The van der Waals surface area contributed by atoms with Crippen molar-refractivity contribution in [2.45, 2.75) is 24.9 Å². The Balaban J connectivity index is 2.32. The van der Waals surface area contributed by atoms with Gasteiger partial charge in [-0.1, -0.05) is 0 Å². The largest absolute Gasteiger partial charge is 0.314 e. The predicted molar refractivity (Wildman–Crippen MR) is 63.0 cm³/mol. The summed E-state index contributed by atoms with van der Waals surface area (Å²) in [7, 11) is -3.51. The van der Waals surface area contributed by atoms with E-state index in [1.807, 2.05) is 6.92 Å². The number of nitrogens with one attached hydrogen (secondary N) is 1.